The number of benzene rings is 1. The predicted octanol–water partition coefficient (Wildman–Crippen LogP) is 4.25. The van der Waals surface area contributed by atoms with Gasteiger partial charge in [-0.05, 0) is 52.4 Å². The van der Waals surface area contributed by atoms with Gasteiger partial charge in [-0.1, -0.05) is 25.1 Å². The van der Waals surface area contributed by atoms with Crippen molar-refractivity contribution in [3.63, 3.8) is 0 Å². The quantitative estimate of drug-likeness (QED) is 0.272. The molecule has 2 aromatic heterocycles. The Hall–Kier alpha value is -3.05. The maximum absolute atomic E-state index is 13.0. The van der Waals surface area contributed by atoms with Crippen LogP contribution in [0.1, 0.15) is 53.3 Å². The maximum atomic E-state index is 13.0. The van der Waals surface area contributed by atoms with Crippen LogP contribution in [0.2, 0.25) is 0 Å². The number of rotatable bonds is 13. The number of ether oxygens (including phenoxy) is 2. The number of fused-ring (bicyclic) bond motifs is 3. The van der Waals surface area contributed by atoms with Gasteiger partial charge in [-0.3, -0.25) is 4.79 Å². The highest BCUT2D eigenvalue weighted by Crippen LogP contribution is 2.29. The number of thioether (sulfide) groups is 1. The van der Waals surface area contributed by atoms with Crippen LogP contribution in [0, 0.1) is 0 Å². The Balaban J connectivity index is 1.72. The number of carbonyl (C=O) groups is 2. The summed E-state index contributed by atoms with van der Waals surface area (Å²) in [5.41, 5.74) is 7.98. The van der Waals surface area contributed by atoms with Crippen LogP contribution in [0.25, 0.3) is 21.9 Å². The second kappa shape index (κ2) is 13.7. The van der Waals surface area contributed by atoms with Gasteiger partial charge in [-0.25, -0.2) is 14.8 Å². The second-order valence-corrected chi connectivity index (χ2v) is 11.1. The first-order valence-corrected chi connectivity index (χ1v) is 14.3. The van der Waals surface area contributed by atoms with Crippen molar-refractivity contribution in [3.05, 3.63) is 30.1 Å². The molecule has 2 amide bonds. The largest absolute Gasteiger partial charge is 0.444 e. The summed E-state index contributed by atoms with van der Waals surface area (Å²) in [7, 11) is 0. The number of nitrogens with one attached hydrogen (secondary N) is 2. The smallest absolute Gasteiger partial charge is 0.408 e. The number of hydrogen-bond acceptors (Lipinski definition) is 8. The van der Waals surface area contributed by atoms with E-state index in [1.807, 2.05) is 31.2 Å². The van der Waals surface area contributed by atoms with Crippen molar-refractivity contribution in [2.24, 2.45) is 0 Å². The third-order valence-corrected chi connectivity index (χ3v) is 6.89. The van der Waals surface area contributed by atoms with Crippen molar-refractivity contribution in [1.29, 1.82) is 0 Å². The molecule has 1 atom stereocenters. The molecule has 11 heteroatoms. The van der Waals surface area contributed by atoms with Crippen LogP contribution in [0.5, 0.6) is 0 Å². The molecule has 0 unspecified atom stereocenters. The fraction of sp³-hybridized carbons (Fsp3) is 0.556. The molecule has 3 aromatic rings. The van der Waals surface area contributed by atoms with E-state index in [-0.39, 0.29) is 5.91 Å². The molecule has 0 aliphatic rings. The van der Waals surface area contributed by atoms with Crippen LogP contribution in [0.15, 0.2) is 24.3 Å². The van der Waals surface area contributed by atoms with Gasteiger partial charge in [-0.2, -0.15) is 11.8 Å². The average molecular weight is 545 g/mol. The van der Waals surface area contributed by atoms with Crippen molar-refractivity contribution in [2.75, 3.05) is 30.4 Å². The van der Waals surface area contributed by atoms with Gasteiger partial charge in [0, 0.05) is 30.8 Å². The van der Waals surface area contributed by atoms with Crippen molar-refractivity contribution in [1.82, 2.24) is 25.2 Å². The van der Waals surface area contributed by atoms with E-state index in [0.717, 1.165) is 34.4 Å². The van der Waals surface area contributed by atoms with Gasteiger partial charge in [0.15, 0.2) is 5.82 Å². The number of nitrogen functional groups attached to an aromatic ring is 1. The molecule has 2 heterocycles. The molecule has 0 saturated carbocycles. The number of anilines is 1. The number of carbonyl (C=O) groups excluding carboxylic acids is 2. The van der Waals surface area contributed by atoms with Crippen LogP contribution in [-0.4, -0.2) is 62.8 Å². The molecule has 208 valence electrons. The number of imidazole rings is 1. The number of aromatic nitrogens is 3. The molecule has 38 heavy (non-hydrogen) atoms. The van der Waals surface area contributed by atoms with Gasteiger partial charge in [0.05, 0.1) is 11.0 Å². The first-order valence-electron chi connectivity index (χ1n) is 13.1. The van der Waals surface area contributed by atoms with Gasteiger partial charge in [-0.15, -0.1) is 0 Å². The normalized spacial score (nSPS) is 12.6. The van der Waals surface area contributed by atoms with Crippen LogP contribution in [-0.2, 0) is 27.4 Å². The van der Waals surface area contributed by atoms with Crippen molar-refractivity contribution < 1.29 is 19.1 Å². The summed E-state index contributed by atoms with van der Waals surface area (Å²) in [5, 5.41) is 6.66. The summed E-state index contributed by atoms with van der Waals surface area (Å²) in [6, 6.07) is 7.15. The lowest BCUT2D eigenvalue weighted by molar-refractivity contribution is -0.122. The Labute approximate surface area is 228 Å². The molecule has 4 N–H and O–H groups in total. The molecule has 0 fully saturated rings. The molecule has 0 aliphatic heterocycles. The SMILES string of the molecule is CCCSC[C@H](NC(=O)OC(C)(C)C)C(=O)NCCCn1c(COCC)nc2c(N)nc3ccccc3c21. The number of alkyl carbamates (subject to hydrolysis) is 1. The van der Waals surface area contributed by atoms with E-state index < -0.39 is 17.7 Å². The molecular weight excluding hydrogens is 504 g/mol. The van der Waals surface area contributed by atoms with Gasteiger partial charge < -0.3 is 30.4 Å². The molecule has 0 spiro atoms. The number of pyridine rings is 1. The standard InChI is InChI=1S/C27H40N6O4S/c1-6-15-38-17-20(31-26(35)37-27(3,4)5)25(34)29-13-10-14-33-21(16-36-7-2)32-22-23(33)18-11-8-9-12-19(18)30-24(22)28/h8-9,11-12,20H,6-7,10,13-17H2,1-5H3,(H2,28,30)(H,29,34)(H,31,35)/t20-/m0/s1. The lowest BCUT2D eigenvalue weighted by Crippen LogP contribution is -2.49. The van der Waals surface area contributed by atoms with Crippen molar-refractivity contribution >= 4 is 51.5 Å². The number of nitrogens with zero attached hydrogens (tertiary/aromatic N) is 3. The molecule has 0 bridgehead atoms. The van der Waals surface area contributed by atoms with Gasteiger partial charge in [0.1, 0.15) is 29.6 Å². The molecule has 3 rings (SSSR count). The topological polar surface area (TPSA) is 133 Å². The Morgan fingerprint density at radius 3 is 2.66 bits per heavy atom. The molecule has 1 aromatic carbocycles. The monoisotopic (exact) mass is 544 g/mol. The van der Waals surface area contributed by atoms with Crippen LogP contribution in [0.4, 0.5) is 10.6 Å². The first-order chi connectivity index (χ1) is 18.1. The minimum absolute atomic E-state index is 0.233. The van der Waals surface area contributed by atoms with Crippen LogP contribution < -0.4 is 16.4 Å². The number of hydrogen-bond donors (Lipinski definition) is 3. The van der Waals surface area contributed by atoms with Crippen molar-refractivity contribution in [2.45, 2.75) is 72.3 Å². The Bertz CT molecular complexity index is 1240. The van der Waals surface area contributed by atoms with E-state index in [2.05, 4.69) is 27.1 Å². The summed E-state index contributed by atoms with van der Waals surface area (Å²) < 4.78 is 13.1. The minimum Gasteiger partial charge on any atom is -0.444 e. The Kier molecular flexibility index (Phi) is 10.6. The molecular formula is C27H40N6O4S. The molecule has 0 saturated heterocycles. The molecule has 10 nitrogen and oxygen atoms in total. The third kappa shape index (κ3) is 7.97. The van der Waals surface area contributed by atoms with E-state index in [1.165, 1.54) is 0 Å². The second-order valence-electron chi connectivity index (χ2n) is 9.95. The van der Waals surface area contributed by atoms with Gasteiger partial charge in [0.2, 0.25) is 5.91 Å². The zero-order valence-electron chi connectivity index (χ0n) is 23.0. The van der Waals surface area contributed by atoms with Crippen molar-refractivity contribution in [3.8, 4) is 0 Å². The lowest BCUT2D eigenvalue weighted by Gasteiger charge is -2.23. The van der Waals surface area contributed by atoms with E-state index in [4.69, 9.17) is 20.2 Å². The number of nitrogens with two attached hydrogens (primary N) is 1. The Morgan fingerprint density at radius 2 is 1.95 bits per heavy atom. The van der Waals surface area contributed by atoms with Gasteiger partial charge >= 0.3 is 6.09 Å². The highest BCUT2D eigenvalue weighted by atomic mass is 32.2. The first kappa shape index (κ1) is 29.5. The fourth-order valence-electron chi connectivity index (χ4n) is 4.00. The van der Waals surface area contributed by atoms with Crippen LogP contribution >= 0.6 is 11.8 Å². The Morgan fingerprint density at radius 1 is 1.18 bits per heavy atom. The predicted molar refractivity (Wildman–Crippen MR) is 153 cm³/mol. The van der Waals surface area contributed by atoms with Gasteiger partial charge in [0.25, 0.3) is 0 Å². The number of aryl methyl sites for hydroxylation is 1. The summed E-state index contributed by atoms with van der Waals surface area (Å²) in [4.78, 5) is 34.6. The highest BCUT2D eigenvalue weighted by molar-refractivity contribution is 7.99. The summed E-state index contributed by atoms with van der Waals surface area (Å²) in [5.74, 6) is 2.29. The molecule has 0 radical (unpaired) electrons. The fourth-order valence-corrected chi connectivity index (χ4v) is 4.93. The van der Waals surface area contributed by atoms with E-state index >= 15 is 0 Å². The van der Waals surface area contributed by atoms with E-state index in [0.29, 0.717) is 49.8 Å². The minimum atomic E-state index is -0.682. The summed E-state index contributed by atoms with van der Waals surface area (Å²) in [6.07, 6.45) is 1.04. The third-order valence-electron chi connectivity index (χ3n) is 5.62. The van der Waals surface area contributed by atoms with E-state index in [1.54, 1.807) is 32.5 Å². The summed E-state index contributed by atoms with van der Waals surface area (Å²) in [6.45, 7) is 11.3. The summed E-state index contributed by atoms with van der Waals surface area (Å²) >= 11 is 1.63. The van der Waals surface area contributed by atoms with Crippen LogP contribution in [0.3, 0.4) is 0 Å². The molecule has 0 aliphatic carbocycles. The number of amides is 2. The van der Waals surface area contributed by atoms with E-state index in [9.17, 15) is 9.59 Å². The lowest BCUT2D eigenvalue weighted by atomic mass is 10.2. The maximum Gasteiger partial charge on any atom is 0.408 e. The zero-order chi connectivity index (χ0) is 27.7. The highest BCUT2D eigenvalue weighted by Gasteiger charge is 2.24. The number of para-hydroxylation sites is 1. The zero-order valence-corrected chi connectivity index (χ0v) is 23.8. The average Bonchev–Trinajstić information content (AvgIpc) is 3.23.